The molecular weight excluding hydrogens is 418 g/mol. The molecule has 154 valence electrons. The van der Waals surface area contributed by atoms with E-state index in [0.717, 1.165) is 22.3 Å². The molecule has 0 bridgehead atoms. The minimum atomic E-state index is -3.81. The number of hydrogen-bond acceptors (Lipinski definition) is 6. The molecule has 30 heavy (non-hydrogen) atoms. The second-order valence-corrected chi connectivity index (χ2v) is 10.1. The Bertz CT molecular complexity index is 1290. The molecular formula is C22H21N3O3S2. The predicted octanol–water partition coefficient (Wildman–Crippen LogP) is 5.22. The molecule has 0 atom stereocenters. The number of rotatable bonds is 5. The summed E-state index contributed by atoms with van der Waals surface area (Å²) in [7, 11) is -2.25. The molecule has 2 aromatic carbocycles. The third kappa shape index (κ3) is 3.76. The van der Waals surface area contributed by atoms with Crippen molar-refractivity contribution in [2.24, 2.45) is 0 Å². The monoisotopic (exact) mass is 439 g/mol. The van der Waals surface area contributed by atoms with Gasteiger partial charge in [-0.15, -0.1) is 11.3 Å². The van der Waals surface area contributed by atoms with Crippen LogP contribution in [0.3, 0.4) is 0 Å². The largest absolute Gasteiger partial charge is 0.333 e. The van der Waals surface area contributed by atoms with Crippen LogP contribution in [0.15, 0.2) is 63.3 Å². The summed E-state index contributed by atoms with van der Waals surface area (Å²) in [6.45, 7) is 5.89. The number of sulfonamides is 1. The van der Waals surface area contributed by atoms with Gasteiger partial charge in [0.1, 0.15) is 9.77 Å². The van der Waals surface area contributed by atoms with Gasteiger partial charge in [-0.05, 0) is 55.5 Å². The van der Waals surface area contributed by atoms with Gasteiger partial charge < -0.3 is 4.52 Å². The van der Waals surface area contributed by atoms with E-state index in [1.807, 2.05) is 63.2 Å². The fourth-order valence-electron chi connectivity index (χ4n) is 3.21. The first-order valence-electron chi connectivity index (χ1n) is 9.31. The van der Waals surface area contributed by atoms with E-state index in [1.54, 1.807) is 18.5 Å². The SMILES string of the molecule is Cc1ccc(-c2noc(-c3sccc3S(=O)(=O)N(C)c3cc(C)cc(C)c3)n2)cc1. The van der Waals surface area contributed by atoms with Crippen LogP contribution >= 0.6 is 11.3 Å². The summed E-state index contributed by atoms with van der Waals surface area (Å²) in [5.41, 5.74) is 4.54. The molecule has 0 aliphatic heterocycles. The lowest BCUT2D eigenvalue weighted by Crippen LogP contribution is -2.26. The van der Waals surface area contributed by atoms with E-state index in [4.69, 9.17) is 4.52 Å². The van der Waals surface area contributed by atoms with Crippen LogP contribution in [0, 0.1) is 20.8 Å². The molecule has 0 spiro atoms. The molecule has 0 aliphatic carbocycles. The topological polar surface area (TPSA) is 76.3 Å². The second-order valence-electron chi connectivity index (χ2n) is 7.22. The minimum Gasteiger partial charge on any atom is -0.333 e. The molecule has 0 fully saturated rings. The van der Waals surface area contributed by atoms with Gasteiger partial charge in [0.15, 0.2) is 0 Å². The van der Waals surface area contributed by atoms with E-state index < -0.39 is 10.0 Å². The molecule has 2 aromatic heterocycles. The highest BCUT2D eigenvalue weighted by Crippen LogP contribution is 2.35. The maximum absolute atomic E-state index is 13.4. The molecule has 0 saturated heterocycles. The third-order valence-electron chi connectivity index (χ3n) is 4.77. The van der Waals surface area contributed by atoms with E-state index >= 15 is 0 Å². The van der Waals surface area contributed by atoms with Gasteiger partial charge in [-0.25, -0.2) is 8.42 Å². The Morgan fingerprint density at radius 2 is 1.60 bits per heavy atom. The molecule has 6 nitrogen and oxygen atoms in total. The van der Waals surface area contributed by atoms with Gasteiger partial charge in [0.25, 0.3) is 15.9 Å². The van der Waals surface area contributed by atoms with Crippen molar-refractivity contribution in [1.82, 2.24) is 10.1 Å². The highest BCUT2D eigenvalue weighted by molar-refractivity contribution is 7.93. The zero-order valence-corrected chi connectivity index (χ0v) is 18.7. The van der Waals surface area contributed by atoms with Crippen molar-refractivity contribution in [3.63, 3.8) is 0 Å². The molecule has 0 saturated carbocycles. The van der Waals surface area contributed by atoms with Gasteiger partial charge in [0.2, 0.25) is 5.82 Å². The van der Waals surface area contributed by atoms with Crippen LogP contribution < -0.4 is 4.31 Å². The molecule has 0 N–H and O–H groups in total. The van der Waals surface area contributed by atoms with E-state index in [1.165, 1.54) is 15.6 Å². The van der Waals surface area contributed by atoms with Crippen LogP contribution in [0.2, 0.25) is 0 Å². The number of benzene rings is 2. The first kappa shape index (κ1) is 20.3. The average Bonchev–Trinajstić information content (AvgIpc) is 3.37. The van der Waals surface area contributed by atoms with Crippen molar-refractivity contribution < 1.29 is 12.9 Å². The summed E-state index contributed by atoms with van der Waals surface area (Å²) in [4.78, 5) is 5.01. The zero-order chi connectivity index (χ0) is 21.5. The molecule has 2 heterocycles. The highest BCUT2D eigenvalue weighted by atomic mass is 32.2. The lowest BCUT2D eigenvalue weighted by atomic mass is 10.1. The van der Waals surface area contributed by atoms with Crippen LogP contribution in [0.5, 0.6) is 0 Å². The van der Waals surface area contributed by atoms with Gasteiger partial charge >= 0.3 is 0 Å². The van der Waals surface area contributed by atoms with Crippen molar-refractivity contribution in [3.8, 4) is 22.2 Å². The normalized spacial score (nSPS) is 11.6. The number of nitrogens with zero attached hydrogens (tertiary/aromatic N) is 3. The van der Waals surface area contributed by atoms with Gasteiger partial charge in [-0.3, -0.25) is 4.31 Å². The standard InChI is InChI=1S/C22H21N3O3S2/c1-14-5-7-17(8-6-14)21-23-22(28-24-21)20-19(9-10-29-20)30(26,27)25(4)18-12-15(2)11-16(3)13-18/h5-13H,1-4H3. The molecule has 4 rings (SSSR count). The van der Waals surface area contributed by atoms with E-state index in [0.29, 0.717) is 16.4 Å². The quantitative estimate of drug-likeness (QED) is 0.426. The van der Waals surface area contributed by atoms with Gasteiger partial charge in [0, 0.05) is 12.6 Å². The van der Waals surface area contributed by atoms with Crippen molar-refractivity contribution in [3.05, 3.63) is 70.6 Å². The molecule has 0 aliphatic rings. The maximum Gasteiger partial charge on any atom is 0.269 e. The molecule has 0 radical (unpaired) electrons. The Hall–Kier alpha value is -2.97. The Morgan fingerprint density at radius 1 is 0.933 bits per heavy atom. The summed E-state index contributed by atoms with van der Waals surface area (Å²) in [5, 5.41) is 5.75. The highest BCUT2D eigenvalue weighted by Gasteiger charge is 2.29. The van der Waals surface area contributed by atoms with Gasteiger partial charge in [-0.2, -0.15) is 4.98 Å². The van der Waals surface area contributed by atoms with Crippen molar-refractivity contribution in [1.29, 1.82) is 0 Å². The smallest absolute Gasteiger partial charge is 0.269 e. The summed E-state index contributed by atoms with van der Waals surface area (Å²) < 4.78 is 33.4. The number of hydrogen-bond donors (Lipinski definition) is 0. The third-order valence-corrected chi connectivity index (χ3v) is 7.63. The van der Waals surface area contributed by atoms with E-state index in [2.05, 4.69) is 10.1 Å². The van der Waals surface area contributed by atoms with Crippen molar-refractivity contribution in [2.45, 2.75) is 25.7 Å². The summed E-state index contributed by atoms with van der Waals surface area (Å²) in [6.07, 6.45) is 0. The van der Waals surface area contributed by atoms with Crippen LogP contribution in [-0.4, -0.2) is 25.6 Å². The van der Waals surface area contributed by atoms with Crippen LogP contribution in [0.4, 0.5) is 5.69 Å². The summed E-state index contributed by atoms with van der Waals surface area (Å²) in [6, 6.07) is 15.0. The van der Waals surface area contributed by atoms with Crippen LogP contribution in [0.25, 0.3) is 22.2 Å². The van der Waals surface area contributed by atoms with Crippen molar-refractivity contribution in [2.75, 3.05) is 11.4 Å². The first-order chi connectivity index (χ1) is 14.3. The van der Waals surface area contributed by atoms with E-state index in [9.17, 15) is 8.42 Å². The zero-order valence-electron chi connectivity index (χ0n) is 17.1. The molecule has 0 amide bonds. The number of anilines is 1. The number of thiophene rings is 1. The Kier molecular flexibility index (Phi) is 5.21. The van der Waals surface area contributed by atoms with Crippen LogP contribution in [-0.2, 0) is 10.0 Å². The van der Waals surface area contributed by atoms with Crippen LogP contribution in [0.1, 0.15) is 16.7 Å². The number of aromatic nitrogens is 2. The Balaban J connectivity index is 1.71. The molecule has 8 heteroatoms. The summed E-state index contributed by atoms with van der Waals surface area (Å²) >= 11 is 1.26. The fourth-order valence-corrected chi connectivity index (χ4v) is 5.71. The first-order valence-corrected chi connectivity index (χ1v) is 11.6. The Labute approximate surface area is 179 Å². The second kappa shape index (κ2) is 7.70. The average molecular weight is 440 g/mol. The van der Waals surface area contributed by atoms with Gasteiger partial charge in [-0.1, -0.05) is 41.1 Å². The van der Waals surface area contributed by atoms with E-state index in [-0.39, 0.29) is 10.8 Å². The number of aryl methyl sites for hydroxylation is 3. The Morgan fingerprint density at radius 3 is 2.27 bits per heavy atom. The summed E-state index contributed by atoms with van der Waals surface area (Å²) in [5.74, 6) is 0.609. The lowest BCUT2D eigenvalue weighted by molar-refractivity contribution is 0.432. The predicted molar refractivity (Wildman–Crippen MR) is 119 cm³/mol. The van der Waals surface area contributed by atoms with Crippen molar-refractivity contribution >= 4 is 27.0 Å². The molecule has 4 aromatic rings. The van der Waals surface area contributed by atoms with Gasteiger partial charge in [0.05, 0.1) is 5.69 Å². The minimum absolute atomic E-state index is 0.147. The fraction of sp³-hybridized carbons (Fsp3) is 0.182. The lowest BCUT2D eigenvalue weighted by Gasteiger charge is -2.20. The maximum atomic E-state index is 13.4. The molecule has 0 unspecified atom stereocenters.